The summed E-state index contributed by atoms with van der Waals surface area (Å²) in [5.74, 6) is 1.72. The first-order chi connectivity index (χ1) is 6.33. The molecule has 0 saturated carbocycles. The maximum Gasteiger partial charge on any atom is 0.135 e. The van der Waals surface area contributed by atoms with Gasteiger partial charge in [-0.05, 0) is 31.4 Å². The molecule has 76 valence electrons. The summed E-state index contributed by atoms with van der Waals surface area (Å²) in [5, 5.41) is 0. The topological polar surface area (TPSA) is 20.3 Å². The first-order valence-corrected chi connectivity index (χ1v) is 6.45. The van der Waals surface area contributed by atoms with Gasteiger partial charge in [0.2, 0.25) is 0 Å². The average molecular weight is 201 g/mol. The van der Waals surface area contributed by atoms with Crippen molar-refractivity contribution >= 4 is 17.5 Å². The molecule has 1 aliphatic heterocycles. The molecule has 0 aromatic rings. The molecule has 1 fully saturated rings. The van der Waals surface area contributed by atoms with Crippen LogP contribution in [0, 0.1) is 0 Å². The Bertz CT molecular complexity index is 151. The maximum atomic E-state index is 11.0. The van der Waals surface area contributed by atoms with Crippen LogP contribution in [-0.4, -0.2) is 42.3 Å². The van der Waals surface area contributed by atoms with Crippen LogP contribution in [0.25, 0.3) is 0 Å². The van der Waals surface area contributed by atoms with Gasteiger partial charge in [0, 0.05) is 25.9 Å². The Morgan fingerprint density at radius 2 is 2.00 bits per heavy atom. The van der Waals surface area contributed by atoms with Crippen LogP contribution in [0.4, 0.5) is 0 Å². The Balaban J connectivity index is 1.99. The lowest BCUT2D eigenvalue weighted by Crippen LogP contribution is -2.34. The number of thioether (sulfide) groups is 1. The molecule has 1 heterocycles. The van der Waals surface area contributed by atoms with Crippen LogP contribution in [-0.2, 0) is 4.79 Å². The fraction of sp³-hybridized carbons (Fsp3) is 0.900. The minimum atomic E-state index is 0.445. The maximum absolute atomic E-state index is 11.0. The summed E-state index contributed by atoms with van der Waals surface area (Å²) in [6, 6.07) is 0. The zero-order valence-corrected chi connectivity index (χ0v) is 9.24. The van der Waals surface area contributed by atoms with E-state index in [0.717, 1.165) is 25.9 Å². The van der Waals surface area contributed by atoms with Crippen LogP contribution in [0.5, 0.6) is 0 Å². The zero-order valence-electron chi connectivity index (χ0n) is 8.42. The highest BCUT2D eigenvalue weighted by atomic mass is 32.2. The monoisotopic (exact) mass is 201 g/mol. The summed E-state index contributed by atoms with van der Waals surface area (Å²) in [5.41, 5.74) is 0. The molecule has 0 aromatic carbocycles. The van der Waals surface area contributed by atoms with Crippen molar-refractivity contribution in [2.75, 3.05) is 31.6 Å². The third kappa shape index (κ3) is 4.67. The minimum absolute atomic E-state index is 0.445. The first-order valence-electron chi connectivity index (χ1n) is 5.06. The Labute approximate surface area is 85.1 Å². The second-order valence-electron chi connectivity index (χ2n) is 3.58. The smallest absolute Gasteiger partial charge is 0.135 e. The van der Waals surface area contributed by atoms with E-state index in [2.05, 4.69) is 11.2 Å². The van der Waals surface area contributed by atoms with Gasteiger partial charge in [-0.25, -0.2) is 0 Å². The number of hydrogen-bond donors (Lipinski definition) is 0. The number of hydrogen-bond acceptors (Lipinski definition) is 3. The Kier molecular flexibility index (Phi) is 5.47. The summed E-state index contributed by atoms with van der Waals surface area (Å²) in [4.78, 5) is 13.4. The molecule has 0 aliphatic carbocycles. The van der Waals surface area contributed by atoms with Gasteiger partial charge < -0.3 is 4.90 Å². The number of nitrogens with zero attached hydrogens (tertiary/aromatic N) is 1. The molecule has 0 unspecified atom stereocenters. The number of ketones is 1. The van der Waals surface area contributed by atoms with Crippen LogP contribution in [0.3, 0.4) is 0 Å². The molecule has 1 rings (SSSR count). The number of carbonyl (C=O) groups excluding carboxylic acids is 1. The van der Waals surface area contributed by atoms with Gasteiger partial charge in [0.15, 0.2) is 0 Å². The lowest BCUT2D eigenvalue weighted by molar-refractivity contribution is -0.121. The summed E-state index contributed by atoms with van der Waals surface area (Å²) < 4.78 is 0. The number of carbonyl (C=O) groups is 1. The van der Waals surface area contributed by atoms with Gasteiger partial charge in [0.25, 0.3) is 0 Å². The van der Waals surface area contributed by atoms with E-state index in [1.54, 1.807) is 0 Å². The lowest BCUT2D eigenvalue weighted by atomic mass is 10.1. The van der Waals surface area contributed by atoms with Crippen molar-refractivity contribution in [2.45, 2.75) is 25.7 Å². The molecule has 0 bridgehead atoms. The molecule has 2 nitrogen and oxygen atoms in total. The molecule has 0 radical (unpaired) electrons. The summed E-state index contributed by atoms with van der Waals surface area (Å²) in [6.45, 7) is 3.18. The third-order valence-corrected chi connectivity index (χ3v) is 3.18. The molecular formula is C10H19NOS. The van der Waals surface area contributed by atoms with E-state index in [1.807, 2.05) is 11.8 Å². The molecule has 1 aliphatic rings. The molecular weight excluding hydrogens is 182 g/mol. The number of rotatable bonds is 5. The van der Waals surface area contributed by atoms with Crippen LogP contribution < -0.4 is 0 Å². The molecule has 3 heteroatoms. The minimum Gasteiger partial charge on any atom is -0.302 e. The quantitative estimate of drug-likeness (QED) is 0.633. The van der Waals surface area contributed by atoms with Gasteiger partial charge in [-0.3, -0.25) is 4.79 Å². The van der Waals surface area contributed by atoms with Crippen molar-refractivity contribution in [3.05, 3.63) is 0 Å². The van der Waals surface area contributed by atoms with E-state index < -0.39 is 0 Å². The Morgan fingerprint density at radius 3 is 2.62 bits per heavy atom. The van der Waals surface area contributed by atoms with Gasteiger partial charge >= 0.3 is 0 Å². The van der Waals surface area contributed by atoms with Gasteiger partial charge in [0.1, 0.15) is 5.78 Å². The van der Waals surface area contributed by atoms with Crippen molar-refractivity contribution in [3.8, 4) is 0 Å². The number of likely N-dealkylation sites (tertiary alicyclic amines) is 1. The zero-order chi connectivity index (χ0) is 9.52. The molecule has 0 amide bonds. The largest absolute Gasteiger partial charge is 0.302 e. The number of unbranched alkanes of at least 4 members (excludes halogenated alkanes) is 1. The van der Waals surface area contributed by atoms with Crippen LogP contribution in [0.15, 0.2) is 0 Å². The molecule has 1 saturated heterocycles. The predicted molar refractivity (Wildman–Crippen MR) is 58.3 cm³/mol. The highest BCUT2D eigenvalue weighted by Crippen LogP contribution is 2.07. The predicted octanol–water partition coefficient (Wildman–Crippen LogP) is 1.79. The van der Waals surface area contributed by atoms with Crippen molar-refractivity contribution in [1.29, 1.82) is 0 Å². The van der Waals surface area contributed by atoms with Gasteiger partial charge in [0.05, 0.1) is 0 Å². The SMILES string of the molecule is CSCCCCN1CCC(=O)CC1. The first kappa shape index (κ1) is 11.1. The highest BCUT2D eigenvalue weighted by molar-refractivity contribution is 7.98. The fourth-order valence-electron chi connectivity index (χ4n) is 1.61. The van der Waals surface area contributed by atoms with E-state index in [9.17, 15) is 4.79 Å². The second-order valence-corrected chi connectivity index (χ2v) is 4.57. The van der Waals surface area contributed by atoms with E-state index in [0.29, 0.717) is 5.78 Å². The molecule has 0 atom stereocenters. The molecule has 0 aromatic heterocycles. The number of Topliss-reactive ketones (excluding diaryl/α,β-unsaturated/α-hetero) is 1. The fourth-order valence-corrected chi connectivity index (χ4v) is 2.10. The third-order valence-electron chi connectivity index (χ3n) is 2.49. The van der Waals surface area contributed by atoms with E-state index >= 15 is 0 Å². The number of piperidine rings is 1. The van der Waals surface area contributed by atoms with Crippen molar-refractivity contribution < 1.29 is 4.79 Å². The summed E-state index contributed by atoms with van der Waals surface area (Å²) in [6.07, 6.45) is 6.31. The van der Waals surface area contributed by atoms with Crippen LogP contribution >= 0.6 is 11.8 Å². The molecule has 13 heavy (non-hydrogen) atoms. The van der Waals surface area contributed by atoms with Gasteiger partial charge in [-0.2, -0.15) is 11.8 Å². The highest BCUT2D eigenvalue weighted by Gasteiger charge is 2.14. The van der Waals surface area contributed by atoms with Crippen molar-refractivity contribution in [1.82, 2.24) is 4.90 Å². The standard InChI is InChI=1S/C10H19NOS/c1-13-9-3-2-6-11-7-4-10(12)5-8-11/h2-9H2,1H3. The Morgan fingerprint density at radius 1 is 1.31 bits per heavy atom. The lowest BCUT2D eigenvalue weighted by Gasteiger charge is -2.25. The average Bonchev–Trinajstić information content (AvgIpc) is 2.15. The van der Waals surface area contributed by atoms with E-state index in [-0.39, 0.29) is 0 Å². The van der Waals surface area contributed by atoms with Gasteiger partial charge in [-0.15, -0.1) is 0 Å². The van der Waals surface area contributed by atoms with Crippen LogP contribution in [0.1, 0.15) is 25.7 Å². The summed E-state index contributed by atoms with van der Waals surface area (Å²) >= 11 is 1.92. The van der Waals surface area contributed by atoms with E-state index in [1.165, 1.54) is 25.1 Å². The summed E-state index contributed by atoms with van der Waals surface area (Å²) in [7, 11) is 0. The molecule has 0 N–H and O–H groups in total. The second kappa shape index (κ2) is 6.44. The normalized spacial score (nSPS) is 19.3. The Hall–Kier alpha value is -0.0200. The van der Waals surface area contributed by atoms with Crippen molar-refractivity contribution in [2.24, 2.45) is 0 Å². The van der Waals surface area contributed by atoms with Crippen molar-refractivity contribution in [3.63, 3.8) is 0 Å². The van der Waals surface area contributed by atoms with Gasteiger partial charge in [-0.1, -0.05) is 0 Å². The molecule has 0 spiro atoms. The van der Waals surface area contributed by atoms with Crippen LogP contribution in [0.2, 0.25) is 0 Å². The van der Waals surface area contributed by atoms with E-state index in [4.69, 9.17) is 0 Å².